The summed E-state index contributed by atoms with van der Waals surface area (Å²) in [7, 11) is 0. The highest BCUT2D eigenvalue weighted by atomic mass is 16.5. The minimum absolute atomic E-state index is 0.101. The molecule has 1 atom stereocenters. The predicted molar refractivity (Wildman–Crippen MR) is 79.7 cm³/mol. The molecule has 0 fully saturated rings. The van der Waals surface area contributed by atoms with Crippen molar-refractivity contribution in [2.24, 2.45) is 5.73 Å². The van der Waals surface area contributed by atoms with Crippen LogP contribution in [0.15, 0.2) is 24.3 Å². The van der Waals surface area contributed by atoms with E-state index in [0.717, 1.165) is 24.3 Å². The number of para-hydroxylation sites is 1. The highest BCUT2D eigenvalue weighted by molar-refractivity contribution is 5.32. The Bertz CT molecular complexity index is 368. The van der Waals surface area contributed by atoms with E-state index < -0.39 is 6.10 Å². The lowest BCUT2D eigenvalue weighted by Crippen LogP contribution is -2.37. The normalized spacial score (nSPS) is 12.7. The van der Waals surface area contributed by atoms with Crippen molar-refractivity contribution in [3.05, 3.63) is 29.8 Å². The van der Waals surface area contributed by atoms with Crippen molar-refractivity contribution >= 4 is 0 Å². The Morgan fingerprint density at radius 1 is 1.30 bits per heavy atom. The summed E-state index contributed by atoms with van der Waals surface area (Å²) in [5, 5.41) is 19.0. The molecule has 0 aromatic heterocycles. The lowest BCUT2D eigenvalue weighted by atomic mass is 10.2. The first kappa shape index (κ1) is 16.9. The van der Waals surface area contributed by atoms with Gasteiger partial charge in [-0.1, -0.05) is 25.1 Å². The van der Waals surface area contributed by atoms with Crippen LogP contribution in [0.4, 0.5) is 0 Å². The van der Waals surface area contributed by atoms with E-state index >= 15 is 0 Å². The van der Waals surface area contributed by atoms with Crippen LogP contribution in [0.1, 0.15) is 18.9 Å². The van der Waals surface area contributed by atoms with Gasteiger partial charge in [-0.15, -0.1) is 0 Å². The molecule has 0 aliphatic carbocycles. The zero-order chi connectivity index (χ0) is 14.8. The van der Waals surface area contributed by atoms with Crippen LogP contribution >= 0.6 is 0 Å². The SMILES string of the molecule is CCCN(CCO)CC(O)COc1ccccc1CN. The van der Waals surface area contributed by atoms with E-state index in [9.17, 15) is 5.11 Å². The van der Waals surface area contributed by atoms with Crippen molar-refractivity contribution in [1.29, 1.82) is 0 Å². The average Bonchev–Trinajstić information content (AvgIpc) is 2.46. The summed E-state index contributed by atoms with van der Waals surface area (Å²) in [6.45, 7) is 4.75. The zero-order valence-electron chi connectivity index (χ0n) is 12.2. The Kier molecular flexibility index (Phi) is 8.22. The van der Waals surface area contributed by atoms with Gasteiger partial charge >= 0.3 is 0 Å². The first-order valence-corrected chi connectivity index (χ1v) is 7.13. The first-order valence-electron chi connectivity index (χ1n) is 7.13. The number of nitrogens with zero attached hydrogens (tertiary/aromatic N) is 1. The van der Waals surface area contributed by atoms with Gasteiger partial charge in [0.05, 0.1) is 6.61 Å². The molecule has 5 nitrogen and oxygen atoms in total. The molecular formula is C15H26N2O3. The maximum atomic E-state index is 10.0. The third-order valence-corrected chi connectivity index (χ3v) is 3.05. The number of hydrogen-bond donors (Lipinski definition) is 3. The Morgan fingerprint density at radius 3 is 2.70 bits per heavy atom. The number of ether oxygens (including phenoxy) is 1. The monoisotopic (exact) mass is 282 g/mol. The van der Waals surface area contributed by atoms with Gasteiger partial charge in [0.15, 0.2) is 0 Å². The van der Waals surface area contributed by atoms with Crippen LogP contribution in [0.25, 0.3) is 0 Å². The summed E-state index contributed by atoms with van der Waals surface area (Å²) in [5.41, 5.74) is 6.57. The second-order valence-corrected chi connectivity index (χ2v) is 4.80. The van der Waals surface area contributed by atoms with Gasteiger partial charge in [0, 0.05) is 25.2 Å². The molecule has 0 bridgehead atoms. The van der Waals surface area contributed by atoms with Crippen LogP contribution in [0.3, 0.4) is 0 Å². The molecule has 0 saturated carbocycles. The van der Waals surface area contributed by atoms with E-state index in [0.29, 0.717) is 19.6 Å². The molecular weight excluding hydrogens is 256 g/mol. The van der Waals surface area contributed by atoms with Crippen LogP contribution < -0.4 is 10.5 Å². The van der Waals surface area contributed by atoms with E-state index in [1.165, 1.54) is 0 Å². The fraction of sp³-hybridized carbons (Fsp3) is 0.600. The number of benzene rings is 1. The Morgan fingerprint density at radius 2 is 2.05 bits per heavy atom. The summed E-state index contributed by atoms with van der Waals surface area (Å²) in [5.74, 6) is 0.721. The van der Waals surface area contributed by atoms with Gasteiger partial charge in [0.1, 0.15) is 18.5 Å². The fourth-order valence-electron chi connectivity index (χ4n) is 2.10. The molecule has 0 spiro atoms. The summed E-state index contributed by atoms with van der Waals surface area (Å²) < 4.78 is 5.63. The topological polar surface area (TPSA) is 79.0 Å². The van der Waals surface area contributed by atoms with Gasteiger partial charge < -0.3 is 20.7 Å². The van der Waals surface area contributed by atoms with Gasteiger partial charge in [-0.2, -0.15) is 0 Å². The van der Waals surface area contributed by atoms with Crippen molar-refractivity contribution in [2.75, 3.05) is 32.8 Å². The molecule has 1 aromatic carbocycles. The predicted octanol–water partition coefficient (Wildman–Crippen LogP) is 0.589. The van der Waals surface area contributed by atoms with Gasteiger partial charge in [-0.25, -0.2) is 0 Å². The molecule has 0 aliphatic rings. The van der Waals surface area contributed by atoms with Crippen LogP contribution in [0, 0.1) is 0 Å². The molecule has 4 N–H and O–H groups in total. The average molecular weight is 282 g/mol. The quantitative estimate of drug-likeness (QED) is 0.585. The van der Waals surface area contributed by atoms with Gasteiger partial charge in [0.25, 0.3) is 0 Å². The number of hydrogen-bond acceptors (Lipinski definition) is 5. The number of aliphatic hydroxyl groups is 2. The molecule has 0 radical (unpaired) electrons. The first-order chi connectivity index (χ1) is 9.71. The number of rotatable bonds is 10. The Balaban J connectivity index is 2.43. The molecule has 0 aliphatic heterocycles. The highest BCUT2D eigenvalue weighted by Gasteiger charge is 2.12. The summed E-state index contributed by atoms with van der Waals surface area (Å²) >= 11 is 0. The van der Waals surface area contributed by atoms with Crippen molar-refractivity contribution in [3.63, 3.8) is 0 Å². The lowest BCUT2D eigenvalue weighted by molar-refractivity contribution is 0.0616. The van der Waals surface area contributed by atoms with Crippen LogP contribution in [-0.2, 0) is 6.54 Å². The molecule has 0 saturated heterocycles. The van der Waals surface area contributed by atoms with Crippen molar-refractivity contribution in [1.82, 2.24) is 4.90 Å². The lowest BCUT2D eigenvalue weighted by Gasteiger charge is -2.24. The van der Waals surface area contributed by atoms with Crippen LogP contribution in [0.5, 0.6) is 5.75 Å². The smallest absolute Gasteiger partial charge is 0.123 e. The van der Waals surface area contributed by atoms with E-state index in [1.54, 1.807) is 0 Å². The maximum absolute atomic E-state index is 10.0. The summed E-state index contributed by atoms with van der Waals surface area (Å²) in [6.07, 6.45) is 0.405. The van der Waals surface area contributed by atoms with Gasteiger partial charge in [0.2, 0.25) is 0 Å². The minimum Gasteiger partial charge on any atom is -0.491 e. The largest absolute Gasteiger partial charge is 0.491 e. The molecule has 5 heteroatoms. The van der Waals surface area contributed by atoms with Gasteiger partial charge in [-0.05, 0) is 19.0 Å². The molecule has 20 heavy (non-hydrogen) atoms. The second-order valence-electron chi connectivity index (χ2n) is 4.80. The number of aliphatic hydroxyl groups excluding tert-OH is 2. The molecule has 1 aromatic rings. The maximum Gasteiger partial charge on any atom is 0.123 e. The van der Waals surface area contributed by atoms with Crippen LogP contribution in [0.2, 0.25) is 0 Å². The van der Waals surface area contributed by atoms with Crippen LogP contribution in [-0.4, -0.2) is 54.1 Å². The molecule has 114 valence electrons. The van der Waals surface area contributed by atoms with Crippen molar-refractivity contribution in [3.8, 4) is 5.75 Å². The van der Waals surface area contributed by atoms with Gasteiger partial charge in [-0.3, -0.25) is 4.90 Å². The number of nitrogens with two attached hydrogens (primary N) is 1. The second kappa shape index (κ2) is 9.72. The minimum atomic E-state index is -0.584. The van der Waals surface area contributed by atoms with E-state index in [-0.39, 0.29) is 13.2 Å². The highest BCUT2D eigenvalue weighted by Crippen LogP contribution is 2.17. The van der Waals surface area contributed by atoms with Crippen molar-refractivity contribution in [2.45, 2.75) is 26.0 Å². The standard InChI is InChI=1S/C15H26N2O3/c1-2-7-17(8-9-18)11-14(19)12-20-15-6-4-3-5-13(15)10-16/h3-6,14,18-19H,2,7-12,16H2,1H3. The molecule has 0 heterocycles. The van der Waals surface area contributed by atoms with E-state index in [1.807, 2.05) is 29.2 Å². The third kappa shape index (κ3) is 5.88. The molecule has 1 rings (SSSR count). The summed E-state index contributed by atoms with van der Waals surface area (Å²) in [4.78, 5) is 2.03. The molecule has 0 amide bonds. The van der Waals surface area contributed by atoms with Crippen molar-refractivity contribution < 1.29 is 14.9 Å². The molecule has 1 unspecified atom stereocenters. The zero-order valence-corrected chi connectivity index (χ0v) is 12.2. The summed E-state index contributed by atoms with van der Waals surface area (Å²) in [6, 6.07) is 7.56. The van der Waals surface area contributed by atoms with E-state index in [2.05, 4.69) is 6.92 Å². The Hall–Kier alpha value is -1.14. The fourth-order valence-corrected chi connectivity index (χ4v) is 2.10. The van der Waals surface area contributed by atoms with E-state index in [4.69, 9.17) is 15.6 Å². The third-order valence-electron chi connectivity index (χ3n) is 3.05. The Labute approximate surface area is 121 Å².